The van der Waals surface area contributed by atoms with Gasteiger partial charge in [0, 0.05) is 31.6 Å². The highest BCUT2D eigenvalue weighted by atomic mass is 19.3. The monoisotopic (exact) mass is 503 g/mol. The zero-order valence-corrected chi connectivity index (χ0v) is 18.7. The third-order valence-electron chi connectivity index (χ3n) is 5.93. The van der Waals surface area contributed by atoms with Crippen LogP contribution < -0.4 is 10.6 Å². The SMILES string of the molecule is Cc1c(C(=O)C(=O)NC2(c3cn[nH]n3)CC(F)(F)C2)cn(C)c1C(=O)Nc1ccc(F)c(C#N)c1F. The zero-order valence-electron chi connectivity index (χ0n) is 18.7. The number of anilines is 1. The molecule has 1 aliphatic rings. The Morgan fingerprint density at radius 2 is 1.92 bits per heavy atom. The zero-order chi connectivity index (χ0) is 26.4. The molecule has 4 rings (SSSR count). The Hall–Kier alpha value is -4.54. The number of nitrogens with zero attached hydrogens (tertiary/aromatic N) is 4. The molecule has 0 saturated heterocycles. The Morgan fingerprint density at radius 3 is 2.50 bits per heavy atom. The molecule has 14 heteroatoms. The summed E-state index contributed by atoms with van der Waals surface area (Å²) < 4.78 is 56.5. The van der Waals surface area contributed by atoms with E-state index in [9.17, 15) is 31.9 Å². The van der Waals surface area contributed by atoms with Gasteiger partial charge in [-0.3, -0.25) is 14.4 Å². The normalized spacial score (nSPS) is 15.5. The van der Waals surface area contributed by atoms with Gasteiger partial charge in [-0.1, -0.05) is 0 Å². The average molecular weight is 503 g/mol. The van der Waals surface area contributed by atoms with Crippen LogP contribution >= 0.6 is 0 Å². The van der Waals surface area contributed by atoms with E-state index >= 15 is 0 Å². The molecule has 1 fully saturated rings. The highest BCUT2D eigenvalue weighted by Gasteiger charge is 2.60. The van der Waals surface area contributed by atoms with Crippen LogP contribution in [0.3, 0.4) is 0 Å². The van der Waals surface area contributed by atoms with Crippen molar-refractivity contribution in [1.82, 2.24) is 25.3 Å². The third kappa shape index (κ3) is 4.08. The van der Waals surface area contributed by atoms with Gasteiger partial charge in [0.1, 0.15) is 28.8 Å². The quantitative estimate of drug-likeness (QED) is 0.268. The maximum Gasteiger partial charge on any atom is 0.293 e. The Morgan fingerprint density at radius 1 is 1.22 bits per heavy atom. The fourth-order valence-corrected chi connectivity index (χ4v) is 4.23. The van der Waals surface area contributed by atoms with Crippen molar-refractivity contribution in [1.29, 1.82) is 5.26 Å². The van der Waals surface area contributed by atoms with E-state index in [2.05, 4.69) is 26.0 Å². The first-order valence-electron chi connectivity index (χ1n) is 10.4. The summed E-state index contributed by atoms with van der Waals surface area (Å²) in [6, 6.07) is 3.10. The number of H-pyrrole nitrogens is 1. The second-order valence-electron chi connectivity index (χ2n) is 8.41. The topological polar surface area (TPSA) is 146 Å². The molecule has 3 aromatic rings. The summed E-state index contributed by atoms with van der Waals surface area (Å²) in [5, 5.41) is 23.0. The largest absolute Gasteiger partial charge is 0.346 e. The minimum absolute atomic E-state index is 0.0393. The summed E-state index contributed by atoms with van der Waals surface area (Å²) in [6.45, 7) is 1.36. The number of nitriles is 1. The van der Waals surface area contributed by atoms with Crippen molar-refractivity contribution < 1.29 is 31.9 Å². The van der Waals surface area contributed by atoms with Crippen LogP contribution in [0.5, 0.6) is 0 Å². The summed E-state index contributed by atoms with van der Waals surface area (Å²) in [5.74, 6) is -8.64. The van der Waals surface area contributed by atoms with Crippen molar-refractivity contribution >= 4 is 23.3 Å². The van der Waals surface area contributed by atoms with Crippen molar-refractivity contribution in [2.75, 3.05) is 5.32 Å². The second kappa shape index (κ2) is 8.59. The molecule has 2 amide bonds. The smallest absolute Gasteiger partial charge is 0.293 e. The minimum Gasteiger partial charge on any atom is -0.346 e. The van der Waals surface area contributed by atoms with Gasteiger partial charge >= 0.3 is 0 Å². The number of aryl methyl sites for hydroxylation is 1. The molecule has 186 valence electrons. The summed E-state index contributed by atoms with van der Waals surface area (Å²) in [4.78, 5) is 38.5. The average Bonchev–Trinajstić information content (AvgIpc) is 3.42. The number of halogens is 4. The number of rotatable bonds is 6. The summed E-state index contributed by atoms with van der Waals surface area (Å²) in [5.41, 5.74) is -3.18. The first-order valence-corrected chi connectivity index (χ1v) is 10.4. The number of alkyl halides is 2. The van der Waals surface area contributed by atoms with Gasteiger partial charge in [0.15, 0.2) is 5.82 Å². The van der Waals surface area contributed by atoms with Crippen LogP contribution in [0.25, 0.3) is 0 Å². The number of aromatic nitrogens is 4. The third-order valence-corrected chi connectivity index (χ3v) is 5.93. The number of hydrogen-bond acceptors (Lipinski definition) is 6. The molecular weight excluding hydrogens is 486 g/mol. The first kappa shape index (κ1) is 24.6. The van der Waals surface area contributed by atoms with Crippen LogP contribution in [0.4, 0.5) is 23.2 Å². The molecule has 0 aliphatic heterocycles. The molecule has 0 radical (unpaired) electrons. The number of benzene rings is 1. The van der Waals surface area contributed by atoms with Gasteiger partial charge in [-0.25, -0.2) is 17.6 Å². The molecule has 0 bridgehead atoms. The van der Waals surface area contributed by atoms with E-state index in [1.165, 1.54) is 37.0 Å². The fraction of sp³-hybridized carbons (Fsp3) is 0.273. The summed E-state index contributed by atoms with van der Waals surface area (Å²) in [6.07, 6.45) is 0.802. The lowest BCUT2D eigenvalue weighted by Gasteiger charge is -2.46. The van der Waals surface area contributed by atoms with Crippen molar-refractivity contribution in [3.05, 3.63) is 64.2 Å². The molecule has 0 atom stereocenters. The van der Waals surface area contributed by atoms with Gasteiger partial charge in [0.25, 0.3) is 23.5 Å². The van der Waals surface area contributed by atoms with E-state index < -0.39 is 64.8 Å². The predicted octanol–water partition coefficient (Wildman–Crippen LogP) is 2.48. The van der Waals surface area contributed by atoms with Crippen molar-refractivity contribution in [3.63, 3.8) is 0 Å². The molecule has 0 unspecified atom stereocenters. The molecule has 2 aromatic heterocycles. The lowest BCUT2D eigenvalue weighted by molar-refractivity contribution is -0.148. The molecule has 1 saturated carbocycles. The van der Waals surface area contributed by atoms with Crippen molar-refractivity contribution in [3.8, 4) is 6.07 Å². The number of carbonyl (C=O) groups is 3. The predicted molar refractivity (Wildman–Crippen MR) is 114 cm³/mol. The Labute approximate surface area is 200 Å². The van der Waals surface area contributed by atoms with E-state index in [4.69, 9.17) is 5.26 Å². The lowest BCUT2D eigenvalue weighted by Crippen LogP contribution is -2.61. The van der Waals surface area contributed by atoms with Gasteiger partial charge in [0.2, 0.25) is 0 Å². The van der Waals surface area contributed by atoms with Gasteiger partial charge in [-0.2, -0.15) is 20.7 Å². The molecule has 2 heterocycles. The standard InChI is InChI=1S/C22H17F4N7O3/c1-10-12(18(34)20(36)30-21(8-22(25,26)9-21)15-6-28-32-31-15)7-33(2)17(10)19(35)29-14-4-3-13(23)11(5-27)16(14)24/h3-4,6-7H,8-9H2,1-2H3,(H,29,35)(H,30,36)(H,28,31,32). The van der Waals surface area contributed by atoms with E-state index in [0.29, 0.717) is 0 Å². The first-order chi connectivity index (χ1) is 16.9. The number of Topliss-reactive ketones (excluding diaryl/α,β-unsaturated/α-hetero) is 1. The molecule has 3 N–H and O–H groups in total. The van der Waals surface area contributed by atoms with E-state index in [1.54, 1.807) is 0 Å². The minimum atomic E-state index is -3.07. The number of aromatic amines is 1. The second-order valence-corrected chi connectivity index (χ2v) is 8.41. The Balaban J connectivity index is 1.57. The molecule has 10 nitrogen and oxygen atoms in total. The van der Waals surface area contributed by atoms with Crippen LogP contribution in [0.2, 0.25) is 0 Å². The van der Waals surface area contributed by atoms with E-state index in [1.807, 2.05) is 0 Å². The van der Waals surface area contributed by atoms with Crippen LogP contribution in [0, 0.1) is 29.9 Å². The highest BCUT2D eigenvalue weighted by molar-refractivity contribution is 6.43. The maximum absolute atomic E-state index is 14.4. The molecule has 1 aromatic carbocycles. The van der Waals surface area contributed by atoms with Crippen LogP contribution in [0.1, 0.15) is 50.5 Å². The van der Waals surface area contributed by atoms with Gasteiger partial charge in [-0.05, 0) is 24.6 Å². The fourth-order valence-electron chi connectivity index (χ4n) is 4.23. The maximum atomic E-state index is 14.4. The number of nitrogens with one attached hydrogen (secondary N) is 3. The molecule has 1 aliphatic carbocycles. The van der Waals surface area contributed by atoms with Crippen LogP contribution in [0.15, 0.2) is 24.5 Å². The van der Waals surface area contributed by atoms with E-state index in [-0.39, 0.29) is 22.5 Å². The van der Waals surface area contributed by atoms with E-state index in [0.717, 1.165) is 12.1 Å². The van der Waals surface area contributed by atoms with Crippen LogP contribution in [-0.4, -0.2) is 43.5 Å². The van der Waals surface area contributed by atoms with Crippen LogP contribution in [-0.2, 0) is 17.4 Å². The van der Waals surface area contributed by atoms with Crippen molar-refractivity contribution in [2.24, 2.45) is 7.05 Å². The molecule has 0 spiro atoms. The summed E-state index contributed by atoms with van der Waals surface area (Å²) >= 11 is 0. The van der Waals surface area contributed by atoms with Gasteiger partial charge in [-0.15, -0.1) is 0 Å². The Kier molecular flexibility index (Phi) is 5.87. The number of hydrogen-bond donors (Lipinski definition) is 3. The molecule has 36 heavy (non-hydrogen) atoms. The number of ketones is 1. The van der Waals surface area contributed by atoms with Crippen molar-refractivity contribution in [2.45, 2.75) is 31.2 Å². The molecular formula is C22H17F4N7O3. The Bertz CT molecular complexity index is 1430. The lowest BCUT2D eigenvalue weighted by atomic mass is 9.71. The number of amides is 2. The summed E-state index contributed by atoms with van der Waals surface area (Å²) in [7, 11) is 1.39. The highest BCUT2D eigenvalue weighted by Crippen LogP contribution is 2.51. The van der Waals surface area contributed by atoms with Gasteiger partial charge < -0.3 is 15.2 Å². The number of carbonyl (C=O) groups excluding carboxylic acids is 3. The van der Waals surface area contributed by atoms with Gasteiger partial charge in [0.05, 0.1) is 17.4 Å².